The first kappa shape index (κ1) is 16.6. The van der Waals surface area contributed by atoms with Gasteiger partial charge in [0.25, 0.3) is 0 Å². The Morgan fingerprint density at radius 1 is 1.33 bits per heavy atom. The van der Waals surface area contributed by atoms with E-state index in [2.05, 4.69) is 0 Å². The Morgan fingerprint density at radius 3 is 2.62 bits per heavy atom. The number of fused-ring (bicyclic) bond motifs is 1. The third-order valence-corrected chi connectivity index (χ3v) is 7.75. The van der Waals surface area contributed by atoms with Gasteiger partial charge in [-0.1, -0.05) is 11.6 Å². The van der Waals surface area contributed by atoms with Crippen LogP contribution in [-0.2, 0) is 25.6 Å². The summed E-state index contributed by atoms with van der Waals surface area (Å²) in [6, 6.07) is 4.94. The molecule has 1 aromatic carbocycles. The molecule has 0 aromatic heterocycles. The molecule has 0 unspecified atom stereocenters. The van der Waals surface area contributed by atoms with Crippen LogP contribution in [0.15, 0.2) is 18.2 Å². The van der Waals surface area contributed by atoms with E-state index in [0.29, 0.717) is 16.3 Å². The minimum atomic E-state index is -3.42. The van der Waals surface area contributed by atoms with E-state index < -0.39 is 25.1 Å². The van der Waals surface area contributed by atoms with Crippen molar-refractivity contribution in [3.05, 3.63) is 28.8 Å². The van der Waals surface area contributed by atoms with Crippen LogP contribution in [0.5, 0.6) is 0 Å². The van der Waals surface area contributed by atoms with Gasteiger partial charge in [-0.15, -0.1) is 0 Å². The van der Waals surface area contributed by atoms with E-state index in [1.165, 1.54) is 4.31 Å². The van der Waals surface area contributed by atoms with Gasteiger partial charge in [0.15, 0.2) is 9.84 Å². The average Bonchev–Trinajstić information content (AvgIpc) is 2.59. The van der Waals surface area contributed by atoms with E-state index >= 15 is 0 Å². The van der Waals surface area contributed by atoms with Crippen molar-refractivity contribution in [2.24, 2.45) is 0 Å². The van der Waals surface area contributed by atoms with Crippen molar-refractivity contribution in [3.8, 4) is 0 Å². The van der Waals surface area contributed by atoms with Crippen LogP contribution < -0.4 is 4.31 Å². The molecular weight excluding hydrogens is 334 g/mol. The van der Waals surface area contributed by atoms with Gasteiger partial charge >= 0.3 is 0 Å². The van der Waals surface area contributed by atoms with E-state index in [1.807, 2.05) is 0 Å². The number of anilines is 1. The van der Waals surface area contributed by atoms with Crippen LogP contribution in [0.3, 0.4) is 0 Å². The summed E-state index contributed by atoms with van der Waals surface area (Å²) in [4.78, 5) is 0. The fourth-order valence-corrected chi connectivity index (χ4v) is 5.10. The molecule has 0 atom stereocenters. The number of halogens is 1. The minimum Gasteiger partial charge on any atom is -0.270 e. The van der Waals surface area contributed by atoms with E-state index in [9.17, 15) is 16.8 Å². The molecule has 0 N–H and O–H groups in total. The molecule has 118 valence electrons. The highest BCUT2D eigenvalue weighted by molar-refractivity contribution is 7.92. The molecule has 8 heteroatoms. The second-order valence-corrected chi connectivity index (χ2v) is 10.4. The first-order chi connectivity index (χ1) is 9.63. The standard InChI is InChI=1S/C13H18ClNO4S2/c1-10(2)20(16,17)7-3-6-15-13-5-4-12(14)8-11(13)9-21(15,18)19/h4-5,8,10H,3,6-7,9H2,1-2H3. The fraction of sp³-hybridized carbons (Fsp3) is 0.538. The summed E-state index contributed by atoms with van der Waals surface area (Å²) in [6.45, 7) is 3.42. The van der Waals surface area contributed by atoms with E-state index in [1.54, 1.807) is 32.0 Å². The quantitative estimate of drug-likeness (QED) is 0.815. The van der Waals surface area contributed by atoms with Crippen LogP contribution >= 0.6 is 11.6 Å². The van der Waals surface area contributed by atoms with Crippen molar-refractivity contribution in [2.75, 3.05) is 16.6 Å². The molecule has 0 fully saturated rings. The molecule has 0 saturated heterocycles. The zero-order valence-corrected chi connectivity index (χ0v) is 14.3. The van der Waals surface area contributed by atoms with Crippen molar-refractivity contribution in [3.63, 3.8) is 0 Å². The first-order valence-electron chi connectivity index (χ1n) is 6.64. The molecule has 1 aromatic rings. The molecule has 1 aliphatic heterocycles. The minimum absolute atomic E-state index is 0.0143. The summed E-state index contributed by atoms with van der Waals surface area (Å²) < 4.78 is 49.1. The zero-order chi connectivity index (χ0) is 15.8. The molecule has 0 radical (unpaired) electrons. The Hall–Kier alpha value is -0.790. The first-order valence-corrected chi connectivity index (χ1v) is 10.3. The van der Waals surface area contributed by atoms with Gasteiger partial charge in [-0.05, 0) is 44.0 Å². The molecule has 0 bridgehead atoms. The maximum atomic E-state index is 12.2. The predicted molar refractivity (Wildman–Crippen MR) is 85.0 cm³/mol. The molecule has 1 heterocycles. The van der Waals surface area contributed by atoms with E-state index in [4.69, 9.17) is 11.6 Å². The molecule has 1 aliphatic rings. The second kappa shape index (κ2) is 5.78. The fourth-order valence-electron chi connectivity index (χ4n) is 2.24. The molecule has 5 nitrogen and oxygen atoms in total. The number of rotatable bonds is 5. The Kier molecular flexibility index (Phi) is 4.56. The number of benzene rings is 1. The Bertz CT molecular complexity index is 741. The number of hydrogen-bond acceptors (Lipinski definition) is 4. The van der Waals surface area contributed by atoms with Gasteiger partial charge in [0.1, 0.15) is 0 Å². The summed E-state index contributed by atoms with van der Waals surface area (Å²) in [7, 11) is -6.57. The second-order valence-electron chi connectivity index (χ2n) is 5.37. The number of nitrogens with zero attached hydrogens (tertiary/aromatic N) is 1. The van der Waals surface area contributed by atoms with Crippen LogP contribution in [0.25, 0.3) is 0 Å². The zero-order valence-electron chi connectivity index (χ0n) is 11.9. The largest absolute Gasteiger partial charge is 0.270 e. The van der Waals surface area contributed by atoms with Crippen molar-refractivity contribution in [2.45, 2.75) is 31.3 Å². The van der Waals surface area contributed by atoms with Gasteiger partial charge in [0.05, 0.1) is 22.4 Å². The van der Waals surface area contributed by atoms with Crippen molar-refractivity contribution in [1.82, 2.24) is 0 Å². The average molecular weight is 352 g/mol. The normalized spacial score (nSPS) is 17.2. The summed E-state index contributed by atoms with van der Waals surface area (Å²) in [5.74, 6) is -0.0978. The smallest absolute Gasteiger partial charge is 0.239 e. The van der Waals surface area contributed by atoms with Crippen LogP contribution in [0.4, 0.5) is 5.69 Å². The highest BCUT2D eigenvalue weighted by atomic mass is 35.5. The third kappa shape index (κ3) is 3.52. The van der Waals surface area contributed by atoms with Gasteiger partial charge < -0.3 is 0 Å². The maximum absolute atomic E-state index is 12.2. The van der Waals surface area contributed by atoms with Crippen molar-refractivity contribution >= 4 is 37.1 Å². The third-order valence-electron chi connectivity index (χ3n) is 3.49. The summed E-state index contributed by atoms with van der Waals surface area (Å²) in [6.07, 6.45) is 0.280. The highest BCUT2D eigenvalue weighted by Crippen LogP contribution is 2.35. The lowest BCUT2D eigenvalue weighted by Crippen LogP contribution is -2.30. The molecule has 0 spiro atoms. The van der Waals surface area contributed by atoms with Crippen LogP contribution in [0.1, 0.15) is 25.8 Å². The number of hydrogen-bond donors (Lipinski definition) is 0. The SMILES string of the molecule is CC(C)S(=O)(=O)CCCN1c2ccc(Cl)cc2CS1(=O)=O. The monoisotopic (exact) mass is 351 g/mol. The number of sulfone groups is 1. The van der Waals surface area contributed by atoms with Crippen LogP contribution in [-0.4, -0.2) is 34.4 Å². The topological polar surface area (TPSA) is 71.5 Å². The Labute approximate surface area is 130 Å². The van der Waals surface area contributed by atoms with Gasteiger partial charge in [0.2, 0.25) is 10.0 Å². The molecule has 2 rings (SSSR count). The summed E-state index contributed by atoms with van der Waals surface area (Å²) >= 11 is 5.87. The maximum Gasteiger partial charge on any atom is 0.239 e. The summed E-state index contributed by atoms with van der Waals surface area (Å²) in [5.41, 5.74) is 1.26. The lowest BCUT2D eigenvalue weighted by Gasteiger charge is -2.18. The Balaban J connectivity index is 2.14. The van der Waals surface area contributed by atoms with Gasteiger partial charge in [-0.25, -0.2) is 16.8 Å². The van der Waals surface area contributed by atoms with E-state index in [-0.39, 0.29) is 24.5 Å². The summed E-state index contributed by atoms with van der Waals surface area (Å²) in [5, 5.41) is 0.0481. The lowest BCUT2D eigenvalue weighted by atomic mass is 10.2. The van der Waals surface area contributed by atoms with Gasteiger partial charge in [-0.3, -0.25) is 4.31 Å². The molecule has 0 aliphatic carbocycles. The molecular formula is C13H18ClNO4S2. The molecule has 0 amide bonds. The van der Waals surface area contributed by atoms with Crippen LogP contribution in [0, 0.1) is 0 Å². The van der Waals surface area contributed by atoms with Crippen molar-refractivity contribution < 1.29 is 16.8 Å². The van der Waals surface area contributed by atoms with Crippen molar-refractivity contribution in [1.29, 1.82) is 0 Å². The Morgan fingerprint density at radius 2 is 2.00 bits per heavy atom. The number of sulfonamides is 1. The van der Waals surface area contributed by atoms with E-state index in [0.717, 1.165) is 0 Å². The van der Waals surface area contributed by atoms with Gasteiger partial charge in [0, 0.05) is 11.6 Å². The lowest BCUT2D eigenvalue weighted by molar-refractivity contribution is 0.581. The van der Waals surface area contributed by atoms with Crippen LogP contribution in [0.2, 0.25) is 5.02 Å². The molecule has 0 saturated carbocycles. The molecule has 21 heavy (non-hydrogen) atoms. The van der Waals surface area contributed by atoms with Gasteiger partial charge in [-0.2, -0.15) is 0 Å². The highest BCUT2D eigenvalue weighted by Gasteiger charge is 2.33. The predicted octanol–water partition coefficient (Wildman–Crippen LogP) is 2.20.